The maximum Gasteiger partial charge on any atom is 0.254 e. The molecule has 0 radical (unpaired) electrons. The predicted octanol–water partition coefficient (Wildman–Crippen LogP) is 4.09. The number of amides is 1. The number of carbonyl (C=O) groups is 1. The molecular weight excluding hydrogens is 386 g/mol. The van der Waals surface area contributed by atoms with E-state index >= 15 is 0 Å². The molecule has 6 heteroatoms. The Labute approximate surface area is 173 Å². The molecule has 0 aliphatic carbocycles. The van der Waals surface area contributed by atoms with Crippen LogP contribution in [-0.2, 0) is 16.4 Å². The topological polar surface area (TPSA) is 63.7 Å². The van der Waals surface area contributed by atoms with Crippen molar-refractivity contribution in [2.75, 3.05) is 18.1 Å². The molecule has 1 aliphatic rings. The van der Waals surface area contributed by atoms with Gasteiger partial charge in [0.2, 0.25) is 0 Å². The highest BCUT2D eigenvalue weighted by molar-refractivity contribution is 7.91. The molecule has 0 bridgehead atoms. The summed E-state index contributed by atoms with van der Waals surface area (Å²) in [7, 11) is -3.08. The third-order valence-corrected chi connectivity index (χ3v) is 6.97. The van der Waals surface area contributed by atoms with Crippen LogP contribution in [0.25, 0.3) is 0 Å². The van der Waals surface area contributed by atoms with E-state index in [0.29, 0.717) is 25.1 Å². The molecule has 1 aliphatic heterocycles. The molecule has 5 nitrogen and oxygen atoms in total. The average Bonchev–Trinajstić information content (AvgIpc) is 3.09. The summed E-state index contributed by atoms with van der Waals surface area (Å²) in [6, 6.07) is 16.5. The fraction of sp³-hybridized carbons (Fsp3) is 0.435. The zero-order valence-corrected chi connectivity index (χ0v) is 17.7. The van der Waals surface area contributed by atoms with Crippen LogP contribution in [0.4, 0.5) is 0 Å². The summed E-state index contributed by atoms with van der Waals surface area (Å²) in [6.07, 6.45) is 3.78. The van der Waals surface area contributed by atoms with Crippen molar-refractivity contribution in [2.45, 2.75) is 45.2 Å². The summed E-state index contributed by atoms with van der Waals surface area (Å²) in [5, 5.41) is 0. The normalized spacial score (nSPS) is 17.8. The van der Waals surface area contributed by atoms with Crippen molar-refractivity contribution in [1.29, 1.82) is 0 Å². The quantitative estimate of drug-likeness (QED) is 0.579. The molecule has 2 aromatic carbocycles. The SMILES string of the molecule is CCCCCOc1ccc(C(=O)N(Cc2ccccc2)C2CCS(=O)(=O)C2)cc1. The van der Waals surface area contributed by atoms with Gasteiger partial charge in [-0.05, 0) is 42.7 Å². The highest BCUT2D eigenvalue weighted by Crippen LogP contribution is 2.23. The van der Waals surface area contributed by atoms with Gasteiger partial charge in [0.15, 0.2) is 9.84 Å². The highest BCUT2D eigenvalue weighted by atomic mass is 32.2. The Morgan fingerprint density at radius 2 is 1.79 bits per heavy atom. The van der Waals surface area contributed by atoms with Gasteiger partial charge < -0.3 is 9.64 Å². The van der Waals surface area contributed by atoms with Gasteiger partial charge in [-0.25, -0.2) is 8.42 Å². The van der Waals surface area contributed by atoms with E-state index in [9.17, 15) is 13.2 Å². The lowest BCUT2D eigenvalue weighted by Gasteiger charge is -2.28. The standard InChI is InChI=1S/C23H29NO4S/c1-2-3-7-15-28-22-12-10-20(11-13-22)23(25)24(17-19-8-5-4-6-9-19)21-14-16-29(26,27)18-21/h4-6,8-13,21H,2-3,7,14-18H2,1H3. The summed E-state index contributed by atoms with van der Waals surface area (Å²) in [5.41, 5.74) is 1.53. The first-order chi connectivity index (χ1) is 14.0. The average molecular weight is 416 g/mol. The van der Waals surface area contributed by atoms with Crippen molar-refractivity contribution in [1.82, 2.24) is 4.90 Å². The number of carbonyl (C=O) groups excluding carboxylic acids is 1. The Morgan fingerprint density at radius 1 is 1.07 bits per heavy atom. The van der Waals surface area contributed by atoms with E-state index in [4.69, 9.17) is 4.74 Å². The summed E-state index contributed by atoms with van der Waals surface area (Å²) in [5.74, 6) is 0.773. The van der Waals surface area contributed by atoms with Crippen molar-refractivity contribution >= 4 is 15.7 Å². The van der Waals surface area contributed by atoms with Crippen LogP contribution in [0.3, 0.4) is 0 Å². The van der Waals surface area contributed by atoms with E-state index < -0.39 is 9.84 Å². The van der Waals surface area contributed by atoms with Gasteiger partial charge in [-0.2, -0.15) is 0 Å². The number of sulfone groups is 1. The maximum absolute atomic E-state index is 13.2. The first-order valence-corrected chi connectivity index (χ1v) is 12.1. The van der Waals surface area contributed by atoms with E-state index in [1.54, 1.807) is 17.0 Å². The third kappa shape index (κ3) is 6.07. The second kappa shape index (κ2) is 9.92. The number of hydrogen-bond donors (Lipinski definition) is 0. The molecule has 1 saturated heterocycles. The van der Waals surface area contributed by atoms with Crippen LogP contribution in [0.2, 0.25) is 0 Å². The molecule has 1 heterocycles. The van der Waals surface area contributed by atoms with Crippen molar-refractivity contribution in [3.8, 4) is 5.75 Å². The van der Waals surface area contributed by atoms with E-state index in [1.807, 2.05) is 42.5 Å². The van der Waals surface area contributed by atoms with E-state index in [0.717, 1.165) is 30.6 Å². The Kier molecular flexibility index (Phi) is 7.31. The van der Waals surface area contributed by atoms with Gasteiger partial charge in [-0.15, -0.1) is 0 Å². The van der Waals surface area contributed by atoms with Gasteiger partial charge in [0.25, 0.3) is 5.91 Å². The van der Waals surface area contributed by atoms with Gasteiger partial charge in [-0.1, -0.05) is 50.1 Å². The molecule has 156 valence electrons. The number of hydrogen-bond acceptors (Lipinski definition) is 4. The van der Waals surface area contributed by atoms with Gasteiger partial charge in [0.1, 0.15) is 5.75 Å². The number of ether oxygens (including phenoxy) is 1. The fourth-order valence-corrected chi connectivity index (χ4v) is 5.30. The van der Waals surface area contributed by atoms with Crippen LogP contribution in [0, 0.1) is 0 Å². The third-order valence-electron chi connectivity index (χ3n) is 5.22. The molecule has 1 amide bonds. The van der Waals surface area contributed by atoms with Crippen LogP contribution in [0.1, 0.15) is 48.5 Å². The largest absolute Gasteiger partial charge is 0.494 e. The molecule has 1 atom stereocenters. The molecule has 1 unspecified atom stereocenters. The Hall–Kier alpha value is -2.34. The van der Waals surface area contributed by atoms with Crippen molar-refractivity contribution in [3.63, 3.8) is 0 Å². The summed E-state index contributed by atoms with van der Waals surface area (Å²) >= 11 is 0. The first kappa shape index (κ1) is 21.4. The lowest BCUT2D eigenvalue weighted by Crippen LogP contribution is -2.40. The second-order valence-corrected chi connectivity index (χ2v) is 9.78. The Morgan fingerprint density at radius 3 is 2.41 bits per heavy atom. The highest BCUT2D eigenvalue weighted by Gasteiger charge is 2.35. The minimum Gasteiger partial charge on any atom is -0.494 e. The minimum absolute atomic E-state index is 0.0319. The molecular formula is C23H29NO4S. The van der Waals surface area contributed by atoms with Crippen LogP contribution < -0.4 is 4.74 Å². The summed E-state index contributed by atoms with van der Waals surface area (Å²) < 4.78 is 29.7. The number of unbranched alkanes of at least 4 members (excludes halogenated alkanes) is 2. The van der Waals surface area contributed by atoms with E-state index in [1.165, 1.54) is 0 Å². The van der Waals surface area contributed by atoms with Gasteiger partial charge >= 0.3 is 0 Å². The molecule has 0 aromatic heterocycles. The van der Waals surface area contributed by atoms with Gasteiger partial charge in [0.05, 0.1) is 18.1 Å². The lowest BCUT2D eigenvalue weighted by atomic mass is 10.1. The molecule has 3 rings (SSSR count). The molecule has 0 spiro atoms. The van der Waals surface area contributed by atoms with Crippen LogP contribution in [0.15, 0.2) is 54.6 Å². The molecule has 29 heavy (non-hydrogen) atoms. The van der Waals surface area contributed by atoms with Gasteiger partial charge in [-0.3, -0.25) is 4.79 Å². The fourth-order valence-electron chi connectivity index (χ4n) is 3.57. The number of rotatable bonds is 9. The van der Waals surface area contributed by atoms with Crippen LogP contribution >= 0.6 is 0 Å². The van der Waals surface area contributed by atoms with Crippen molar-refractivity contribution in [2.24, 2.45) is 0 Å². The first-order valence-electron chi connectivity index (χ1n) is 10.3. The zero-order chi connectivity index (χ0) is 20.7. The molecule has 1 fully saturated rings. The second-order valence-electron chi connectivity index (χ2n) is 7.56. The maximum atomic E-state index is 13.2. The Balaban J connectivity index is 1.73. The summed E-state index contributed by atoms with van der Waals surface area (Å²) in [4.78, 5) is 15.0. The van der Waals surface area contributed by atoms with Gasteiger partial charge in [0, 0.05) is 18.2 Å². The summed E-state index contributed by atoms with van der Waals surface area (Å²) in [6.45, 7) is 3.22. The molecule has 2 aromatic rings. The number of nitrogens with zero attached hydrogens (tertiary/aromatic N) is 1. The number of benzene rings is 2. The van der Waals surface area contributed by atoms with Crippen LogP contribution in [0.5, 0.6) is 5.75 Å². The van der Waals surface area contributed by atoms with Crippen LogP contribution in [-0.4, -0.2) is 43.4 Å². The minimum atomic E-state index is -3.08. The lowest BCUT2D eigenvalue weighted by molar-refractivity contribution is 0.0681. The zero-order valence-electron chi connectivity index (χ0n) is 16.9. The van der Waals surface area contributed by atoms with Crippen molar-refractivity contribution in [3.05, 3.63) is 65.7 Å². The predicted molar refractivity (Wildman–Crippen MR) is 115 cm³/mol. The molecule has 0 N–H and O–H groups in total. The van der Waals surface area contributed by atoms with E-state index in [-0.39, 0.29) is 23.5 Å². The molecule has 0 saturated carbocycles. The monoisotopic (exact) mass is 415 g/mol. The Bertz CT molecular complexity index is 894. The smallest absolute Gasteiger partial charge is 0.254 e. The van der Waals surface area contributed by atoms with E-state index in [2.05, 4.69) is 6.92 Å². The van der Waals surface area contributed by atoms with Crippen molar-refractivity contribution < 1.29 is 17.9 Å².